The van der Waals surface area contributed by atoms with Crippen LogP contribution in [0, 0.1) is 0 Å². The molecule has 120 valence electrons. The van der Waals surface area contributed by atoms with Crippen molar-refractivity contribution in [2.45, 2.75) is 72.3 Å². The highest BCUT2D eigenvalue weighted by Gasteiger charge is 2.39. The first-order chi connectivity index (χ1) is 9.74. The minimum atomic E-state index is -2.52. The number of unbranched alkanes of at least 4 members (excludes halogenated alkanes) is 3. The lowest BCUT2D eigenvalue weighted by molar-refractivity contribution is 0.0590. The molecule has 0 aliphatic carbocycles. The van der Waals surface area contributed by atoms with Gasteiger partial charge in [-0.15, -0.1) is 0 Å². The monoisotopic (exact) mass is 302 g/mol. The minimum Gasteiger partial charge on any atom is -0.373 e. The zero-order valence-electron chi connectivity index (χ0n) is 14.0. The predicted octanol–water partition coefficient (Wildman–Crippen LogP) is 4.95. The molecule has 0 rings (SSSR count). The van der Waals surface area contributed by atoms with Crippen LogP contribution in [-0.4, -0.2) is 28.6 Å². The summed E-state index contributed by atoms with van der Waals surface area (Å²) in [6, 6.07) is 0.792. The van der Waals surface area contributed by atoms with Gasteiger partial charge in [-0.3, -0.25) is 0 Å². The molecular weight excluding hydrogens is 268 g/mol. The number of hydrogen-bond acceptors (Lipinski definition) is 3. The summed E-state index contributed by atoms with van der Waals surface area (Å²) in [6.07, 6.45) is 10.8. The summed E-state index contributed by atoms with van der Waals surface area (Å²) >= 11 is 0. The number of rotatable bonds is 14. The van der Waals surface area contributed by atoms with Crippen LogP contribution < -0.4 is 0 Å². The smallest absolute Gasteiger partial charge is 0.373 e. The second kappa shape index (κ2) is 13.8. The van der Waals surface area contributed by atoms with E-state index in [1.54, 1.807) is 0 Å². The first-order valence-electron chi connectivity index (χ1n) is 8.27. The number of hydrogen-bond donors (Lipinski definition) is 0. The summed E-state index contributed by atoms with van der Waals surface area (Å²) in [5, 5.41) is 0. The maximum absolute atomic E-state index is 6.11. The molecule has 0 aliphatic rings. The van der Waals surface area contributed by atoms with Gasteiger partial charge in [-0.25, -0.2) is 0 Å². The van der Waals surface area contributed by atoms with Crippen molar-refractivity contribution in [3.63, 3.8) is 0 Å². The highest BCUT2D eigenvalue weighted by molar-refractivity contribution is 6.61. The molecular formula is C16H34O3Si. The van der Waals surface area contributed by atoms with Crippen LogP contribution in [0.4, 0.5) is 0 Å². The van der Waals surface area contributed by atoms with Crippen molar-refractivity contribution in [2.75, 3.05) is 19.8 Å². The molecule has 0 heterocycles. The summed E-state index contributed by atoms with van der Waals surface area (Å²) in [6.45, 7) is 10.8. The summed E-state index contributed by atoms with van der Waals surface area (Å²) in [7, 11) is -2.52. The van der Waals surface area contributed by atoms with E-state index in [0.29, 0.717) is 0 Å². The average Bonchev–Trinajstić information content (AvgIpc) is 2.46. The van der Waals surface area contributed by atoms with Crippen molar-refractivity contribution in [2.24, 2.45) is 0 Å². The molecule has 0 saturated heterocycles. The van der Waals surface area contributed by atoms with Crippen molar-refractivity contribution in [3.05, 3.63) is 12.2 Å². The van der Waals surface area contributed by atoms with Gasteiger partial charge in [0.1, 0.15) is 0 Å². The Balaban J connectivity index is 4.56. The van der Waals surface area contributed by atoms with E-state index in [1.165, 1.54) is 0 Å². The van der Waals surface area contributed by atoms with Crippen LogP contribution in [0.5, 0.6) is 0 Å². The lowest BCUT2D eigenvalue weighted by atomic mass is 10.4. The van der Waals surface area contributed by atoms with E-state index in [4.69, 9.17) is 13.3 Å². The third-order valence-electron chi connectivity index (χ3n) is 3.06. The molecule has 0 N–H and O–H groups in total. The molecule has 0 aromatic rings. The van der Waals surface area contributed by atoms with E-state index in [-0.39, 0.29) is 0 Å². The van der Waals surface area contributed by atoms with E-state index in [1.807, 2.05) is 6.92 Å². The molecule has 20 heavy (non-hydrogen) atoms. The molecule has 0 atom stereocenters. The van der Waals surface area contributed by atoms with E-state index in [2.05, 4.69) is 32.9 Å². The van der Waals surface area contributed by atoms with Gasteiger partial charge in [-0.1, -0.05) is 52.2 Å². The van der Waals surface area contributed by atoms with Crippen molar-refractivity contribution >= 4 is 8.80 Å². The summed E-state index contributed by atoms with van der Waals surface area (Å²) < 4.78 is 18.3. The van der Waals surface area contributed by atoms with Crippen molar-refractivity contribution in [1.82, 2.24) is 0 Å². The van der Waals surface area contributed by atoms with Crippen LogP contribution in [0.2, 0.25) is 6.04 Å². The molecule has 0 spiro atoms. The molecule has 0 unspecified atom stereocenters. The van der Waals surface area contributed by atoms with E-state index >= 15 is 0 Å². The first-order valence-corrected chi connectivity index (χ1v) is 10.2. The van der Waals surface area contributed by atoms with Crippen LogP contribution in [0.15, 0.2) is 12.2 Å². The van der Waals surface area contributed by atoms with Gasteiger partial charge in [0.05, 0.1) is 0 Å². The van der Waals surface area contributed by atoms with Crippen molar-refractivity contribution in [1.29, 1.82) is 0 Å². The van der Waals surface area contributed by atoms with Crippen LogP contribution in [0.1, 0.15) is 66.2 Å². The lowest BCUT2D eigenvalue weighted by Crippen LogP contribution is -2.46. The maximum Gasteiger partial charge on any atom is 0.504 e. The molecule has 0 bridgehead atoms. The highest BCUT2D eigenvalue weighted by atomic mass is 28.4. The fourth-order valence-corrected chi connectivity index (χ4v) is 4.17. The normalized spacial score (nSPS) is 12.4. The third-order valence-corrected chi connectivity index (χ3v) is 5.73. The zero-order valence-corrected chi connectivity index (χ0v) is 15.0. The van der Waals surface area contributed by atoms with Crippen LogP contribution in [-0.2, 0) is 13.3 Å². The van der Waals surface area contributed by atoms with Crippen LogP contribution >= 0.6 is 0 Å². The largest absolute Gasteiger partial charge is 0.504 e. The standard InChI is InChI=1S/C16H34O3Si/c1-5-9-13-17-20(16-12-8-4,18-14-10-6-2)19-15-11-7-3/h8,12H,5-7,9-11,13-16H2,1-4H3. The van der Waals surface area contributed by atoms with Crippen LogP contribution in [0.25, 0.3) is 0 Å². The Bertz CT molecular complexity index is 205. The summed E-state index contributed by atoms with van der Waals surface area (Å²) in [5.74, 6) is 0. The Labute approximate surface area is 127 Å². The van der Waals surface area contributed by atoms with Gasteiger partial charge >= 0.3 is 8.80 Å². The molecule has 3 nitrogen and oxygen atoms in total. The van der Waals surface area contributed by atoms with Crippen molar-refractivity contribution in [3.8, 4) is 0 Å². The van der Waals surface area contributed by atoms with Gasteiger partial charge < -0.3 is 13.3 Å². The minimum absolute atomic E-state index is 0.749. The van der Waals surface area contributed by atoms with Gasteiger partial charge in [0.15, 0.2) is 0 Å². The molecule has 0 saturated carbocycles. The molecule has 4 heteroatoms. The third kappa shape index (κ3) is 9.70. The molecule has 0 aromatic heterocycles. The van der Waals surface area contributed by atoms with E-state index in [0.717, 1.165) is 64.4 Å². The zero-order chi connectivity index (χ0) is 15.1. The Hall–Kier alpha value is -0.163. The fourth-order valence-electron chi connectivity index (χ4n) is 1.68. The van der Waals surface area contributed by atoms with Crippen LogP contribution in [0.3, 0.4) is 0 Å². The van der Waals surface area contributed by atoms with Gasteiger partial charge in [0.25, 0.3) is 0 Å². The Morgan fingerprint density at radius 3 is 1.45 bits per heavy atom. The average molecular weight is 303 g/mol. The summed E-state index contributed by atoms with van der Waals surface area (Å²) in [5.41, 5.74) is 0. The van der Waals surface area contributed by atoms with E-state index < -0.39 is 8.80 Å². The predicted molar refractivity (Wildman–Crippen MR) is 88.0 cm³/mol. The second-order valence-electron chi connectivity index (χ2n) is 5.06. The number of allylic oxidation sites excluding steroid dienone is 2. The molecule has 0 aliphatic heterocycles. The fraction of sp³-hybridized carbons (Fsp3) is 0.875. The van der Waals surface area contributed by atoms with Crippen molar-refractivity contribution < 1.29 is 13.3 Å². The van der Waals surface area contributed by atoms with Gasteiger partial charge in [0, 0.05) is 25.9 Å². The van der Waals surface area contributed by atoms with Gasteiger partial charge in [-0.05, 0) is 26.2 Å². The van der Waals surface area contributed by atoms with Gasteiger partial charge in [-0.2, -0.15) is 0 Å². The Morgan fingerprint density at radius 1 is 0.750 bits per heavy atom. The summed E-state index contributed by atoms with van der Waals surface area (Å²) in [4.78, 5) is 0. The van der Waals surface area contributed by atoms with Gasteiger partial charge in [0.2, 0.25) is 0 Å². The highest BCUT2D eigenvalue weighted by Crippen LogP contribution is 2.19. The lowest BCUT2D eigenvalue weighted by Gasteiger charge is -2.29. The molecule has 0 fully saturated rings. The quantitative estimate of drug-likeness (QED) is 0.258. The molecule has 0 radical (unpaired) electrons. The molecule has 0 amide bonds. The SMILES string of the molecule is CC=CC[Si](OCCCC)(OCCCC)OCCCC. The maximum atomic E-state index is 6.11. The Kier molecular flexibility index (Phi) is 13.7. The first kappa shape index (κ1) is 19.8. The molecule has 0 aromatic carbocycles. The Morgan fingerprint density at radius 2 is 1.15 bits per heavy atom. The topological polar surface area (TPSA) is 27.7 Å². The van der Waals surface area contributed by atoms with E-state index in [9.17, 15) is 0 Å². The second-order valence-corrected chi connectivity index (χ2v) is 7.70.